The van der Waals surface area contributed by atoms with Crippen LogP contribution in [0.25, 0.3) is 10.8 Å². The molecule has 0 aromatic heterocycles. The third-order valence-electron chi connectivity index (χ3n) is 4.79. The molecule has 0 heterocycles. The lowest BCUT2D eigenvalue weighted by Gasteiger charge is -2.10. The van der Waals surface area contributed by atoms with Gasteiger partial charge in [-0.3, -0.25) is 4.79 Å². The van der Waals surface area contributed by atoms with E-state index in [0.717, 1.165) is 27.6 Å². The molecule has 5 nitrogen and oxygen atoms in total. The molecule has 4 rings (SSSR count). The van der Waals surface area contributed by atoms with Gasteiger partial charge >= 0.3 is 0 Å². The Bertz CT molecular complexity index is 1220. The second kappa shape index (κ2) is 8.49. The largest absolute Gasteiger partial charge is 0.507 e. The van der Waals surface area contributed by atoms with Crippen LogP contribution in [0.5, 0.6) is 11.5 Å². The van der Waals surface area contributed by atoms with Gasteiger partial charge in [0.05, 0.1) is 18.4 Å². The molecule has 0 saturated heterocycles. The van der Waals surface area contributed by atoms with Crippen LogP contribution in [0.2, 0.25) is 0 Å². The van der Waals surface area contributed by atoms with E-state index in [0.29, 0.717) is 5.71 Å². The van der Waals surface area contributed by atoms with Gasteiger partial charge in [0, 0.05) is 11.1 Å². The molecule has 0 bridgehead atoms. The zero-order valence-electron chi connectivity index (χ0n) is 16.4. The fraction of sp³-hybridized carbons (Fsp3) is 0.0400. The van der Waals surface area contributed by atoms with E-state index in [2.05, 4.69) is 10.5 Å². The number of benzene rings is 4. The quantitative estimate of drug-likeness (QED) is 0.378. The Hall–Kier alpha value is -4.12. The SMILES string of the molecule is COc1ccc(C(=NNC(=O)c2cc3ccccc3cc2O)c2ccccc2)cc1. The van der Waals surface area contributed by atoms with Crippen molar-refractivity contribution in [2.45, 2.75) is 0 Å². The molecule has 0 radical (unpaired) electrons. The van der Waals surface area contributed by atoms with Gasteiger partial charge in [0.15, 0.2) is 0 Å². The Labute approximate surface area is 174 Å². The Morgan fingerprint density at radius 2 is 1.43 bits per heavy atom. The van der Waals surface area contributed by atoms with Crippen molar-refractivity contribution < 1.29 is 14.6 Å². The highest BCUT2D eigenvalue weighted by Crippen LogP contribution is 2.25. The van der Waals surface area contributed by atoms with Crippen molar-refractivity contribution in [1.29, 1.82) is 0 Å². The van der Waals surface area contributed by atoms with Crippen molar-refractivity contribution in [2.75, 3.05) is 7.11 Å². The summed E-state index contributed by atoms with van der Waals surface area (Å²) in [6.07, 6.45) is 0. The molecule has 0 aliphatic rings. The number of nitrogens with zero attached hydrogens (tertiary/aromatic N) is 1. The molecular formula is C25H20N2O3. The lowest BCUT2D eigenvalue weighted by molar-refractivity contribution is 0.0952. The van der Waals surface area contributed by atoms with Crippen molar-refractivity contribution in [3.05, 3.63) is 108 Å². The molecule has 0 fully saturated rings. The van der Waals surface area contributed by atoms with Crippen molar-refractivity contribution in [1.82, 2.24) is 5.43 Å². The van der Waals surface area contributed by atoms with Gasteiger partial charge in [0.1, 0.15) is 11.5 Å². The average molecular weight is 396 g/mol. The number of rotatable bonds is 5. The number of amides is 1. The van der Waals surface area contributed by atoms with Crippen molar-refractivity contribution in [3.8, 4) is 11.5 Å². The first kappa shape index (κ1) is 19.2. The fourth-order valence-electron chi connectivity index (χ4n) is 3.22. The first-order valence-electron chi connectivity index (χ1n) is 9.45. The van der Waals surface area contributed by atoms with Crippen LogP contribution in [0, 0.1) is 0 Å². The topological polar surface area (TPSA) is 70.9 Å². The molecule has 1 amide bonds. The number of fused-ring (bicyclic) bond motifs is 1. The predicted octanol–water partition coefficient (Wildman–Crippen LogP) is 4.74. The fourth-order valence-corrected chi connectivity index (χ4v) is 3.22. The number of nitrogens with one attached hydrogen (secondary N) is 1. The second-order valence-corrected chi connectivity index (χ2v) is 6.71. The Balaban J connectivity index is 1.68. The van der Waals surface area contributed by atoms with Gasteiger partial charge in [0.25, 0.3) is 5.91 Å². The van der Waals surface area contributed by atoms with E-state index in [-0.39, 0.29) is 11.3 Å². The van der Waals surface area contributed by atoms with Gasteiger partial charge in [-0.1, -0.05) is 54.6 Å². The number of carbonyl (C=O) groups excluding carboxylic acids is 1. The molecule has 2 N–H and O–H groups in total. The minimum absolute atomic E-state index is 0.0906. The van der Waals surface area contributed by atoms with Crippen LogP contribution in [-0.2, 0) is 0 Å². The molecule has 0 aliphatic carbocycles. The summed E-state index contributed by atoms with van der Waals surface area (Å²) in [6, 6.07) is 27.8. The predicted molar refractivity (Wildman–Crippen MR) is 118 cm³/mol. The summed E-state index contributed by atoms with van der Waals surface area (Å²) in [6.45, 7) is 0. The summed E-state index contributed by atoms with van der Waals surface area (Å²) < 4.78 is 5.22. The number of hydrogen-bond acceptors (Lipinski definition) is 4. The third-order valence-corrected chi connectivity index (χ3v) is 4.79. The number of hydrogen-bond donors (Lipinski definition) is 2. The first-order chi connectivity index (χ1) is 14.7. The van der Waals surface area contributed by atoms with Crippen LogP contribution in [0.1, 0.15) is 21.5 Å². The summed E-state index contributed by atoms with van der Waals surface area (Å²) in [5.41, 5.74) is 5.03. The van der Waals surface area contributed by atoms with Gasteiger partial charge in [-0.25, -0.2) is 5.43 Å². The number of carbonyl (C=O) groups is 1. The van der Waals surface area contributed by atoms with Crippen LogP contribution in [-0.4, -0.2) is 23.8 Å². The van der Waals surface area contributed by atoms with Crippen LogP contribution in [0.4, 0.5) is 0 Å². The highest BCUT2D eigenvalue weighted by molar-refractivity contribution is 6.13. The number of phenols is 1. The van der Waals surface area contributed by atoms with Crippen LogP contribution >= 0.6 is 0 Å². The van der Waals surface area contributed by atoms with E-state index in [4.69, 9.17) is 4.74 Å². The molecule has 5 heteroatoms. The normalized spacial score (nSPS) is 11.3. The van der Waals surface area contributed by atoms with Crippen molar-refractivity contribution in [2.24, 2.45) is 5.10 Å². The van der Waals surface area contributed by atoms with Crippen LogP contribution in [0.3, 0.4) is 0 Å². The molecule has 0 unspecified atom stereocenters. The van der Waals surface area contributed by atoms with E-state index in [9.17, 15) is 9.90 Å². The second-order valence-electron chi connectivity index (χ2n) is 6.71. The van der Waals surface area contributed by atoms with E-state index >= 15 is 0 Å². The maximum Gasteiger partial charge on any atom is 0.275 e. The van der Waals surface area contributed by atoms with E-state index in [1.807, 2.05) is 78.9 Å². The first-order valence-corrected chi connectivity index (χ1v) is 9.45. The molecule has 0 atom stereocenters. The molecular weight excluding hydrogens is 376 g/mol. The van der Waals surface area contributed by atoms with Crippen molar-refractivity contribution in [3.63, 3.8) is 0 Å². The smallest absolute Gasteiger partial charge is 0.275 e. The highest BCUT2D eigenvalue weighted by Gasteiger charge is 2.14. The molecule has 148 valence electrons. The lowest BCUT2D eigenvalue weighted by Crippen LogP contribution is -2.20. The summed E-state index contributed by atoms with van der Waals surface area (Å²) in [5.74, 6) is 0.156. The number of aromatic hydroxyl groups is 1. The standard InChI is InChI=1S/C25H20N2O3/c1-30-21-13-11-18(12-14-21)24(17-7-3-2-4-8-17)26-27-25(29)22-15-19-9-5-6-10-20(19)16-23(22)28/h2-16,28H,1H3,(H,27,29). The maximum atomic E-state index is 12.8. The van der Waals surface area contributed by atoms with E-state index < -0.39 is 5.91 Å². The molecule has 0 aliphatic heterocycles. The zero-order chi connectivity index (χ0) is 20.9. The molecule has 4 aromatic carbocycles. The lowest BCUT2D eigenvalue weighted by atomic mass is 10.0. The maximum absolute atomic E-state index is 12.8. The Morgan fingerprint density at radius 1 is 0.833 bits per heavy atom. The molecule has 30 heavy (non-hydrogen) atoms. The minimum Gasteiger partial charge on any atom is -0.507 e. The Kier molecular flexibility index (Phi) is 5.44. The molecule has 0 spiro atoms. The number of methoxy groups -OCH3 is 1. The third kappa shape index (κ3) is 4.00. The van der Waals surface area contributed by atoms with Gasteiger partial charge < -0.3 is 9.84 Å². The number of ether oxygens (including phenoxy) is 1. The van der Waals surface area contributed by atoms with Gasteiger partial charge in [-0.15, -0.1) is 0 Å². The van der Waals surface area contributed by atoms with E-state index in [1.54, 1.807) is 19.2 Å². The summed E-state index contributed by atoms with van der Waals surface area (Å²) in [7, 11) is 1.61. The van der Waals surface area contributed by atoms with Gasteiger partial charge in [-0.05, 0) is 47.2 Å². The van der Waals surface area contributed by atoms with Gasteiger partial charge in [-0.2, -0.15) is 5.10 Å². The summed E-state index contributed by atoms with van der Waals surface area (Å²) in [5, 5.41) is 16.4. The Morgan fingerprint density at radius 3 is 2.10 bits per heavy atom. The number of phenolic OH excluding ortho intramolecular Hbond substituents is 1. The highest BCUT2D eigenvalue weighted by atomic mass is 16.5. The molecule has 0 saturated carbocycles. The van der Waals surface area contributed by atoms with Crippen LogP contribution in [0.15, 0.2) is 96.1 Å². The molecule has 4 aromatic rings. The van der Waals surface area contributed by atoms with Crippen LogP contribution < -0.4 is 10.2 Å². The summed E-state index contributed by atoms with van der Waals surface area (Å²) in [4.78, 5) is 12.8. The number of hydrazone groups is 1. The van der Waals surface area contributed by atoms with Gasteiger partial charge in [0.2, 0.25) is 0 Å². The summed E-state index contributed by atoms with van der Waals surface area (Å²) >= 11 is 0. The van der Waals surface area contributed by atoms with Crippen molar-refractivity contribution >= 4 is 22.4 Å². The monoisotopic (exact) mass is 396 g/mol. The minimum atomic E-state index is -0.486. The average Bonchev–Trinajstić information content (AvgIpc) is 2.79. The van der Waals surface area contributed by atoms with E-state index in [1.165, 1.54) is 0 Å². The zero-order valence-corrected chi connectivity index (χ0v) is 16.4.